The van der Waals surface area contributed by atoms with Crippen molar-refractivity contribution in [3.8, 4) is 5.75 Å². The highest BCUT2D eigenvalue weighted by atomic mass is 16.5. The number of ether oxygens (including phenoxy) is 1. The highest BCUT2D eigenvalue weighted by Crippen LogP contribution is 2.23. The van der Waals surface area contributed by atoms with Crippen molar-refractivity contribution in [2.75, 3.05) is 25.5 Å². The fourth-order valence-corrected chi connectivity index (χ4v) is 1.88. The first kappa shape index (κ1) is 15.3. The molecule has 1 aromatic rings. The molecule has 19 heavy (non-hydrogen) atoms. The molecule has 4 heteroatoms. The number of nitrogens with zero attached hydrogens (tertiary/aromatic N) is 1. The van der Waals surface area contributed by atoms with E-state index < -0.39 is 0 Å². The van der Waals surface area contributed by atoms with Crippen LogP contribution in [0.25, 0.3) is 0 Å². The third-order valence-electron chi connectivity index (χ3n) is 2.91. The second-order valence-corrected chi connectivity index (χ2v) is 4.47. The van der Waals surface area contributed by atoms with Crippen LogP contribution >= 0.6 is 0 Å². The summed E-state index contributed by atoms with van der Waals surface area (Å²) in [6, 6.07) is 7.40. The number of urea groups is 1. The average Bonchev–Trinajstić information content (AvgIpc) is 2.44. The maximum atomic E-state index is 12.2. The number of carbonyl (C=O) groups excluding carboxylic acids is 1. The van der Waals surface area contributed by atoms with Crippen LogP contribution in [0.15, 0.2) is 24.3 Å². The lowest BCUT2D eigenvalue weighted by atomic mass is 10.3. The number of rotatable bonds is 7. The minimum Gasteiger partial charge on any atom is -0.495 e. The number of hydrogen-bond acceptors (Lipinski definition) is 2. The van der Waals surface area contributed by atoms with Gasteiger partial charge in [-0.3, -0.25) is 0 Å². The first-order valence-corrected chi connectivity index (χ1v) is 6.91. The molecule has 1 N–H and O–H groups in total. The van der Waals surface area contributed by atoms with E-state index in [1.807, 2.05) is 29.2 Å². The number of nitrogens with one attached hydrogen (secondary N) is 1. The Balaban J connectivity index is 2.69. The lowest BCUT2D eigenvalue weighted by molar-refractivity contribution is 0.210. The highest BCUT2D eigenvalue weighted by molar-refractivity contribution is 5.90. The third kappa shape index (κ3) is 4.81. The zero-order valence-corrected chi connectivity index (χ0v) is 12.1. The Bertz CT molecular complexity index is 393. The molecule has 0 aromatic heterocycles. The largest absolute Gasteiger partial charge is 0.495 e. The minimum absolute atomic E-state index is 0.0557. The Labute approximate surface area is 115 Å². The van der Waals surface area contributed by atoms with Gasteiger partial charge < -0.3 is 15.0 Å². The maximum Gasteiger partial charge on any atom is 0.321 e. The Morgan fingerprint density at radius 1 is 1.21 bits per heavy atom. The van der Waals surface area contributed by atoms with Crippen molar-refractivity contribution < 1.29 is 9.53 Å². The Hall–Kier alpha value is -1.71. The van der Waals surface area contributed by atoms with Crippen LogP contribution in [0.4, 0.5) is 10.5 Å². The second kappa shape index (κ2) is 8.40. The molecule has 0 radical (unpaired) electrons. The van der Waals surface area contributed by atoms with Crippen LogP contribution < -0.4 is 10.1 Å². The SMILES string of the molecule is CCCCN(CCC)C(=O)Nc1ccccc1OC. The van der Waals surface area contributed by atoms with Gasteiger partial charge in [-0.15, -0.1) is 0 Å². The molecular formula is C15H24N2O2. The molecule has 1 aromatic carbocycles. The molecule has 0 aliphatic rings. The normalized spacial score (nSPS) is 10.1. The first-order chi connectivity index (χ1) is 9.22. The average molecular weight is 264 g/mol. The number of amides is 2. The minimum atomic E-state index is -0.0557. The van der Waals surface area contributed by atoms with Crippen LogP contribution in [0, 0.1) is 0 Å². The summed E-state index contributed by atoms with van der Waals surface area (Å²) in [7, 11) is 1.60. The van der Waals surface area contributed by atoms with E-state index in [4.69, 9.17) is 4.74 Å². The van der Waals surface area contributed by atoms with E-state index in [1.54, 1.807) is 7.11 Å². The van der Waals surface area contributed by atoms with Gasteiger partial charge in [0, 0.05) is 13.1 Å². The molecule has 106 valence electrons. The van der Waals surface area contributed by atoms with E-state index in [9.17, 15) is 4.79 Å². The summed E-state index contributed by atoms with van der Waals surface area (Å²) < 4.78 is 5.23. The Morgan fingerprint density at radius 3 is 2.58 bits per heavy atom. The molecule has 0 unspecified atom stereocenters. The molecule has 0 aliphatic carbocycles. The predicted molar refractivity (Wildman–Crippen MR) is 78.8 cm³/mol. The van der Waals surface area contributed by atoms with Crippen LogP contribution in [0.3, 0.4) is 0 Å². The molecule has 0 bridgehead atoms. The van der Waals surface area contributed by atoms with Crippen LogP contribution in [0.2, 0.25) is 0 Å². The summed E-state index contributed by atoms with van der Waals surface area (Å²) in [5, 5.41) is 2.92. The highest BCUT2D eigenvalue weighted by Gasteiger charge is 2.13. The molecule has 0 spiro atoms. The van der Waals surface area contributed by atoms with Crippen molar-refractivity contribution in [3.05, 3.63) is 24.3 Å². The van der Waals surface area contributed by atoms with Gasteiger partial charge in [0.15, 0.2) is 0 Å². The molecule has 1 rings (SSSR count). The summed E-state index contributed by atoms with van der Waals surface area (Å²) in [6.45, 7) is 5.78. The molecule has 0 saturated heterocycles. The lowest BCUT2D eigenvalue weighted by Crippen LogP contribution is -2.36. The quantitative estimate of drug-likeness (QED) is 0.815. The van der Waals surface area contributed by atoms with E-state index in [-0.39, 0.29) is 6.03 Å². The van der Waals surface area contributed by atoms with Gasteiger partial charge >= 0.3 is 6.03 Å². The fourth-order valence-electron chi connectivity index (χ4n) is 1.88. The number of anilines is 1. The monoisotopic (exact) mass is 264 g/mol. The number of unbranched alkanes of at least 4 members (excludes halogenated alkanes) is 1. The van der Waals surface area contributed by atoms with Crippen LogP contribution in [0.1, 0.15) is 33.1 Å². The molecule has 0 fully saturated rings. The summed E-state index contributed by atoms with van der Waals surface area (Å²) in [4.78, 5) is 14.1. The Kier molecular flexibility index (Phi) is 6.79. The molecule has 4 nitrogen and oxygen atoms in total. The summed E-state index contributed by atoms with van der Waals surface area (Å²) in [6.07, 6.45) is 3.07. The zero-order chi connectivity index (χ0) is 14.1. The van der Waals surface area contributed by atoms with E-state index in [0.29, 0.717) is 11.4 Å². The fraction of sp³-hybridized carbons (Fsp3) is 0.533. The van der Waals surface area contributed by atoms with Crippen molar-refractivity contribution in [1.82, 2.24) is 4.90 Å². The number of hydrogen-bond donors (Lipinski definition) is 1. The van der Waals surface area contributed by atoms with Gasteiger partial charge in [0.1, 0.15) is 5.75 Å². The van der Waals surface area contributed by atoms with E-state index in [0.717, 1.165) is 32.4 Å². The van der Waals surface area contributed by atoms with Gasteiger partial charge in [-0.1, -0.05) is 32.4 Å². The molecule has 0 heterocycles. The van der Waals surface area contributed by atoms with Crippen molar-refractivity contribution in [2.45, 2.75) is 33.1 Å². The topological polar surface area (TPSA) is 41.6 Å². The van der Waals surface area contributed by atoms with E-state index in [2.05, 4.69) is 19.2 Å². The van der Waals surface area contributed by atoms with Gasteiger partial charge in [-0.25, -0.2) is 4.79 Å². The predicted octanol–water partition coefficient (Wildman–Crippen LogP) is 3.74. The van der Waals surface area contributed by atoms with Gasteiger partial charge in [-0.2, -0.15) is 0 Å². The Morgan fingerprint density at radius 2 is 1.95 bits per heavy atom. The molecule has 0 saturated carbocycles. The number of benzene rings is 1. The lowest BCUT2D eigenvalue weighted by Gasteiger charge is -2.22. The zero-order valence-electron chi connectivity index (χ0n) is 12.1. The van der Waals surface area contributed by atoms with Crippen molar-refractivity contribution in [2.24, 2.45) is 0 Å². The molecule has 0 atom stereocenters. The second-order valence-electron chi connectivity index (χ2n) is 4.47. The van der Waals surface area contributed by atoms with Gasteiger partial charge in [0.2, 0.25) is 0 Å². The van der Waals surface area contributed by atoms with Crippen molar-refractivity contribution in [1.29, 1.82) is 0 Å². The number of carbonyl (C=O) groups is 1. The molecular weight excluding hydrogens is 240 g/mol. The van der Waals surface area contributed by atoms with Gasteiger partial charge in [0.25, 0.3) is 0 Å². The number of para-hydroxylation sites is 2. The third-order valence-corrected chi connectivity index (χ3v) is 2.91. The van der Waals surface area contributed by atoms with Crippen LogP contribution in [-0.2, 0) is 0 Å². The standard InChI is InChI=1S/C15H24N2O2/c1-4-6-12-17(11-5-2)15(18)16-13-9-7-8-10-14(13)19-3/h7-10H,4-6,11-12H2,1-3H3,(H,16,18). The number of methoxy groups -OCH3 is 1. The molecule has 0 aliphatic heterocycles. The summed E-state index contributed by atoms with van der Waals surface area (Å²) >= 11 is 0. The summed E-state index contributed by atoms with van der Waals surface area (Å²) in [5.74, 6) is 0.683. The van der Waals surface area contributed by atoms with E-state index >= 15 is 0 Å². The van der Waals surface area contributed by atoms with Gasteiger partial charge in [0.05, 0.1) is 12.8 Å². The van der Waals surface area contributed by atoms with Crippen molar-refractivity contribution >= 4 is 11.7 Å². The molecule has 2 amide bonds. The smallest absolute Gasteiger partial charge is 0.321 e. The van der Waals surface area contributed by atoms with Crippen molar-refractivity contribution in [3.63, 3.8) is 0 Å². The first-order valence-electron chi connectivity index (χ1n) is 6.91. The summed E-state index contributed by atoms with van der Waals surface area (Å²) in [5.41, 5.74) is 0.715. The van der Waals surface area contributed by atoms with Crippen LogP contribution in [0.5, 0.6) is 5.75 Å². The van der Waals surface area contributed by atoms with Gasteiger partial charge in [-0.05, 0) is 25.0 Å². The van der Waals surface area contributed by atoms with Crippen LogP contribution in [-0.4, -0.2) is 31.1 Å². The maximum absolute atomic E-state index is 12.2. The van der Waals surface area contributed by atoms with E-state index in [1.165, 1.54) is 0 Å².